The molecular formula is C51H78N15O13S3+. The Morgan fingerprint density at radius 1 is 0.793 bits per heavy atom. The van der Waals surface area contributed by atoms with Crippen molar-refractivity contribution < 1.29 is 63.1 Å². The zero-order valence-electron chi connectivity index (χ0n) is 48.0. The molecule has 0 aromatic carbocycles. The molecule has 0 saturated carbocycles. The smallest absolute Gasteiger partial charge is 0.408 e. The molecule has 15 N–H and O–H groups in total. The third kappa shape index (κ3) is 21.1. The quantitative estimate of drug-likeness (QED) is 0.0193. The van der Waals surface area contributed by atoms with Crippen molar-refractivity contribution in [3.05, 3.63) is 56.8 Å². The number of aromatic amines is 1. The summed E-state index contributed by atoms with van der Waals surface area (Å²) in [5.41, 5.74) is 10.4. The van der Waals surface area contributed by atoms with Crippen LogP contribution in [0.25, 0.3) is 10.7 Å². The summed E-state index contributed by atoms with van der Waals surface area (Å²) in [5.74, 6) is -6.57. The minimum Gasteiger partial charge on any atom is -0.458 e. The van der Waals surface area contributed by atoms with Crippen LogP contribution in [0.2, 0.25) is 0 Å². The Bertz CT molecular complexity index is 2830. The van der Waals surface area contributed by atoms with E-state index in [0.29, 0.717) is 27.9 Å². The molecule has 0 bridgehead atoms. The summed E-state index contributed by atoms with van der Waals surface area (Å²) in [7, 11) is 0.287. The number of rotatable bonds is 29. The van der Waals surface area contributed by atoms with Gasteiger partial charge in [0.15, 0.2) is 0 Å². The average molecular weight is 1210 g/mol. The molecule has 0 unspecified atom stereocenters. The molecule has 7 amide bonds. The molecule has 0 radical (unpaired) electrons. The number of nitrogens with two attached hydrogens (primary N) is 2. The lowest BCUT2D eigenvalue weighted by molar-refractivity contribution is -0.157. The zero-order valence-corrected chi connectivity index (χ0v) is 50.4. The maximum absolute atomic E-state index is 14.2. The number of H-pyrrole nitrogens is 1. The number of hydrogen-bond donors (Lipinski definition) is 13. The monoisotopic (exact) mass is 1200 g/mol. The van der Waals surface area contributed by atoms with Crippen LogP contribution in [0.5, 0.6) is 0 Å². The summed E-state index contributed by atoms with van der Waals surface area (Å²) in [6.07, 6.45) is 1.52. The first-order valence-corrected chi connectivity index (χ1v) is 30.0. The molecule has 452 valence electrons. The Morgan fingerprint density at radius 3 is 2.09 bits per heavy atom. The molecule has 31 heteroatoms. The molecule has 28 nitrogen and oxygen atoms in total. The number of anilines is 1. The van der Waals surface area contributed by atoms with E-state index in [1.807, 2.05) is 0 Å². The summed E-state index contributed by atoms with van der Waals surface area (Å²) in [5, 5.41) is 56.5. The number of thiazole rings is 2. The van der Waals surface area contributed by atoms with Crippen molar-refractivity contribution in [3.8, 4) is 10.7 Å². The van der Waals surface area contributed by atoms with Gasteiger partial charge in [-0.3, -0.25) is 28.8 Å². The molecule has 0 aliphatic heterocycles. The number of nitrogen functional groups attached to an aromatic ring is 1. The lowest BCUT2D eigenvalue weighted by Gasteiger charge is -2.30. The van der Waals surface area contributed by atoms with Gasteiger partial charge in [-0.05, 0) is 73.2 Å². The van der Waals surface area contributed by atoms with E-state index in [0.717, 1.165) is 12.2 Å². The number of amides is 7. The molecule has 0 saturated heterocycles. The van der Waals surface area contributed by atoms with Crippen LogP contribution in [0, 0.1) is 12.8 Å². The summed E-state index contributed by atoms with van der Waals surface area (Å²) in [6, 6.07) is -7.25. The standard InChI is InChI=1S/C51H77N15O13S3/c1-24-35(63-41(66-40(24)53)28(18-33(52)68)57-20-30(48(76)78-50(5,6)7)62-49(77)79-51(8,9)10)45(74)65-37(39(70)29-19-54-23-58-29)46(75)59-26(3)38(69)25(2)42(71)64-36(27(4)67)44(73)56-16-14-34-60-32(22-80-34)47-61-31(21-81-47)43(72)55-15-13-17-82(11)12/h19,21-23,25-28,30,36-39,57,67,69-70H,13-18,20H2,1-12H3,(H10-,52,53,54,55,56,58,59,62,63,64,65,66,68,71,72,73,74,75,77)/p+1/t25-,26+,27+,28-,30-,36-,37-,38-,39-/m0/s1. The van der Waals surface area contributed by atoms with Gasteiger partial charge in [0.2, 0.25) is 23.6 Å². The van der Waals surface area contributed by atoms with Crippen LogP contribution >= 0.6 is 22.7 Å². The van der Waals surface area contributed by atoms with Crippen molar-refractivity contribution >= 4 is 86.9 Å². The molecule has 4 rings (SSSR count). The van der Waals surface area contributed by atoms with Gasteiger partial charge < -0.3 is 78.5 Å². The summed E-state index contributed by atoms with van der Waals surface area (Å²) in [4.78, 5) is 131. The number of esters is 1. The van der Waals surface area contributed by atoms with Crippen molar-refractivity contribution in [2.24, 2.45) is 11.7 Å². The van der Waals surface area contributed by atoms with Crippen LogP contribution in [0.15, 0.2) is 23.3 Å². The van der Waals surface area contributed by atoms with E-state index in [4.69, 9.17) is 20.9 Å². The number of imidazole rings is 1. The van der Waals surface area contributed by atoms with E-state index < -0.39 is 126 Å². The number of ether oxygens (including phenoxy) is 2. The molecule has 4 aromatic rings. The first-order chi connectivity index (χ1) is 38.2. The Hall–Kier alpha value is -6.90. The van der Waals surface area contributed by atoms with Crippen LogP contribution in [0.1, 0.15) is 130 Å². The number of aromatic nitrogens is 6. The fourth-order valence-corrected chi connectivity index (χ4v) is 9.86. The molecule has 4 aromatic heterocycles. The lowest BCUT2D eigenvalue weighted by Crippen LogP contribution is -2.57. The highest BCUT2D eigenvalue weighted by Crippen LogP contribution is 2.26. The highest BCUT2D eigenvalue weighted by molar-refractivity contribution is 7.95. The van der Waals surface area contributed by atoms with Crippen molar-refractivity contribution in [1.82, 2.24) is 67.1 Å². The normalized spacial score (nSPS) is 15.1. The average Bonchev–Trinajstić information content (AvgIpc) is 4.26. The topological polar surface area (TPSA) is 432 Å². The molecule has 82 heavy (non-hydrogen) atoms. The van der Waals surface area contributed by atoms with E-state index in [9.17, 15) is 53.7 Å². The fourth-order valence-electron chi connectivity index (χ4n) is 7.52. The van der Waals surface area contributed by atoms with Crippen molar-refractivity contribution in [3.63, 3.8) is 0 Å². The molecule has 0 spiro atoms. The zero-order chi connectivity index (χ0) is 61.4. The number of carbonyl (C=O) groups is 8. The molecule has 0 aliphatic carbocycles. The van der Waals surface area contributed by atoms with Crippen molar-refractivity contribution in [2.75, 3.05) is 43.6 Å². The van der Waals surface area contributed by atoms with E-state index in [1.54, 1.807) is 52.3 Å². The van der Waals surface area contributed by atoms with Crippen LogP contribution in [0.3, 0.4) is 0 Å². The number of carbonyl (C=O) groups excluding carboxylic acids is 8. The van der Waals surface area contributed by atoms with Gasteiger partial charge in [0, 0.05) is 55.2 Å². The van der Waals surface area contributed by atoms with E-state index >= 15 is 0 Å². The highest BCUT2D eigenvalue weighted by atomic mass is 32.2. The Balaban J connectivity index is 1.44. The second kappa shape index (κ2) is 30.4. The van der Waals surface area contributed by atoms with Gasteiger partial charge in [0.25, 0.3) is 11.8 Å². The van der Waals surface area contributed by atoms with Crippen molar-refractivity contribution in [2.45, 2.75) is 148 Å². The summed E-state index contributed by atoms with van der Waals surface area (Å²) >= 11 is 2.61. The van der Waals surface area contributed by atoms with Gasteiger partial charge in [-0.1, -0.05) is 6.92 Å². The molecule has 0 fully saturated rings. The van der Waals surface area contributed by atoms with Gasteiger partial charge in [0.1, 0.15) is 74.9 Å². The van der Waals surface area contributed by atoms with E-state index in [-0.39, 0.29) is 52.7 Å². The minimum atomic E-state index is -1.86. The maximum Gasteiger partial charge on any atom is 0.408 e. The van der Waals surface area contributed by atoms with Crippen molar-refractivity contribution in [1.29, 1.82) is 0 Å². The van der Waals surface area contributed by atoms with Crippen LogP contribution < -0.4 is 48.7 Å². The van der Waals surface area contributed by atoms with Crippen LogP contribution in [0.4, 0.5) is 10.6 Å². The van der Waals surface area contributed by atoms with Gasteiger partial charge in [0.05, 0.1) is 65.9 Å². The van der Waals surface area contributed by atoms with E-state index in [1.165, 1.54) is 62.9 Å². The Morgan fingerprint density at radius 2 is 1.48 bits per heavy atom. The number of nitrogens with one attached hydrogen (secondary N) is 8. The summed E-state index contributed by atoms with van der Waals surface area (Å²) in [6.45, 7) is 15.3. The highest BCUT2D eigenvalue weighted by Gasteiger charge is 2.38. The number of aliphatic hydroxyl groups is 3. The number of hydrogen-bond acceptors (Lipinski definition) is 22. The number of alkyl carbamates (subject to hydrolysis) is 1. The van der Waals surface area contributed by atoms with Crippen LogP contribution in [-0.2, 0) is 50.8 Å². The summed E-state index contributed by atoms with van der Waals surface area (Å²) < 4.78 is 10.8. The SMILES string of the molecule is Cc1c(N)nc([C@H](CC(N)=O)NC[C@H](NC(=O)OC(C)(C)C)C(=O)OC(C)(C)C)nc1C(=O)N[C@H](C(=O)N[C@H](C)[C@@H](O)[C@H](C)C(=O)N[C@H](C(=O)NCCc1nc(-c2nc(C(=O)NCCC[S+](C)C)cs2)cs1)[C@@H](C)O)[C@@H](O)c1cnc[nH]1. The third-order valence-corrected chi connectivity index (χ3v) is 14.7. The number of primary amides is 1. The third-order valence-electron chi connectivity index (χ3n) is 11.8. The van der Waals surface area contributed by atoms with Gasteiger partial charge in [-0.2, -0.15) is 0 Å². The lowest BCUT2D eigenvalue weighted by atomic mass is 9.96. The first kappa shape index (κ1) is 67.6. The number of aliphatic hydroxyl groups excluding tert-OH is 3. The van der Waals surface area contributed by atoms with Gasteiger partial charge in [-0.15, -0.1) is 22.7 Å². The second-order valence-electron chi connectivity index (χ2n) is 21.5. The maximum atomic E-state index is 14.2. The fraction of sp³-hybridized carbons (Fsp3) is 0.588. The number of nitrogens with zero attached hydrogens (tertiary/aromatic N) is 5. The predicted octanol–water partition coefficient (Wildman–Crippen LogP) is -0.0326. The van der Waals surface area contributed by atoms with Gasteiger partial charge >= 0.3 is 12.1 Å². The molecule has 9 atom stereocenters. The second-order valence-corrected chi connectivity index (χ2v) is 25.7. The largest absolute Gasteiger partial charge is 0.458 e. The minimum absolute atomic E-state index is 0.00606. The molecule has 4 heterocycles. The Labute approximate surface area is 486 Å². The van der Waals surface area contributed by atoms with Crippen LogP contribution in [-0.4, -0.2) is 178 Å². The first-order valence-electron chi connectivity index (χ1n) is 26.1. The molecular weight excluding hydrogens is 1130 g/mol. The van der Waals surface area contributed by atoms with E-state index in [2.05, 4.69) is 79.6 Å². The van der Waals surface area contributed by atoms with Gasteiger partial charge in [-0.25, -0.2) is 34.5 Å². The Kier molecular flexibility index (Phi) is 25.1. The molecule has 0 aliphatic rings. The predicted molar refractivity (Wildman–Crippen MR) is 307 cm³/mol.